The van der Waals surface area contributed by atoms with Gasteiger partial charge in [-0.05, 0) is 6.92 Å². The maximum atomic E-state index is 11.6. The monoisotopic (exact) mass is 295 g/mol. The van der Waals surface area contributed by atoms with Gasteiger partial charge in [0.1, 0.15) is 5.76 Å². The molecule has 21 heavy (non-hydrogen) atoms. The van der Waals surface area contributed by atoms with Crippen molar-refractivity contribution in [3.8, 4) is 0 Å². The van der Waals surface area contributed by atoms with Gasteiger partial charge in [0.15, 0.2) is 0 Å². The van der Waals surface area contributed by atoms with Gasteiger partial charge in [0.2, 0.25) is 5.91 Å². The Balaban J connectivity index is 1.70. The number of carbonyl (C=O) groups is 2. The van der Waals surface area contributed by atoms with Gasteiger partial charge < -0.3 is 9.84 Å². The molecule has 2 heterocycles. The number of hydrogen-bond donors (Lipinski definition) is 2. The average Bonchev–Trinajstić information content (AvgIpc) is 2.86. The number of amides is 3. The summed E-state index contributed by atoms with van der Waals surface area (Å²) in [5, 5.41) is 8.60. The molecule has 0 saturated carbocycles. The van der Waals surface area contributed by atoms with Crippen molar-refractivity contribution in [2.45, 2.75) is 13.5 Å². The van der Waals surface area contributed by atoms with Crippen LogP contribution in [-0.2, 0) is 11.3 Å². The van der Waals surface area contributed by atoms with E-state index in [2.05, 4.69) is 20.7 Å². The van der Waals surface area contributed by atoms with Gasteiger partial charge in [-0.3, -0.25) is 19.9 Å². The minimum atomic E-state index is -0.472. The highest BCUT2D eigenvalue weighted by Crippen LogP contribution is 2.08. The van der Waals surface area contributed by atoms with Crippen molar-refractivity contribution in [2.24, 2.45) is 0 Å². The van der Waals surface area contributed by atoms with Crippen LogP contribution in [0.2, 0.25) is 0 Å². The third-order valence-corrected chi connectivity index (χ3v) is 3.37. The Hall–Kier alpha value is -1.93. The third-order valence-electron chi connectivity index (χ3n) is 3.37. The summed E-state index contributed by atoms with van der Waals surface area (Å²) in [4.78, 5) is 26.9. The Kier molecular flexibility index (Phi) is 5.29. The first-order valence-corrected chi connectivity index (χ1v) is 6.95. The van der Waals surface area contributed by atoms with Crippen molar-refractivity contribution in [3.05, 3.63) is 17.5 Å². The molecule has 1 aliphatic rings. The molecule has 8 heteroatoms. The quantitative estimate of drug-likeness (QED) is 0.782. The predicted octanol–water partition coefficient (Wildman–Crippen LogP) is -0.444. The second-order valence-electron chi connectivity index (χ2n) is 5.11. The summed E-state index contributed by atoms with van der Waals surface area (Å²) in [6.07, 6.45) is 0. The highest BCUT2D eigenvalue weighted by molar-refractivity contribution is 5.95. The second kappa shape index (κ2) is 7.19. The van der Waals surface area contributed by atoms with Crippen molar-refractivity contribution in [1.82, 2.24) is 25.6 Å². The maximum absolute atomic E-state index is 11.6. The van der Waals surface area contributed by atoms with Crippen LogP contribution in [0.1, 0.15) is 11.5 Å². The zero-order chi connectivity index (χ0) is 15.2. The molecular weight excluding hydrogens is 274 g/mol. The van der Waals surface area contributed by atoms with Crippen molar-refractivity contribution >= 4 is 11.9 Å². The lowest BCUT2D eigenvalue weighted by atomic mass is 10.2. The largest absolute Gasteiger partial charge is 0.361 e. The van der Waals surface area contributed by atoms with E-state index in [0.717, 1.165) is 44.2 Å². The van der Waals surface area contributed by atoms with Crippen LogP contribution in [0.4, 0.5) is 4.79 Å². The molecule has 0 atom stereocenters. The molecule has 3 amide bonds. The van der Waals surface area contributed by atoms with Crippen molar-refractivity contribution in [3.63, 3.8) is 0 Å². The zero-order valence-electron chi connectivity index (χ0n) is 12.4. The van der Waals surface area contributed by atoms with Crippen molar-refractivity contribution < 1.29 is 14.1 Å². The molecule has 1 aliphatic heterocycles. The van der Waals surface area contributed by atoms with E-state index in [-0.39, 0.29) is 12.5 Å². The van der Waals surface area contributed by atoms with Crippen LogP contribution in [0.25, 0.3) is 0 Å². The molecule has 2 rings (SSSR count). The van der Waals surface area contributed by atoms with Gasteiger partial charge in [-0.25, -0.2) is 4.79 Å². The highest BCUT2D eigenvalue weighted by Gasteiger charge is 2.20. The number of piperazine rings is 1. The minimum Gasteiger partial charge on any atom is -0.361 e. The van der Waals surface area contributed by atoms with E-state index in [4.69, 9.17) is 4.52 Å². The van der Waals surface area contributed by atoms with Crippen LogP contribution in [0.15, 0.2) is 10.6 Å². The Morgan fingerprint density at radius 2 is 1.95 bits per heavy atom. The van der Waals surface area contributed by atoms with E-state index >= 15 is 0 Å². The van der Waals surface area contributed by atoms with Crippen LogP contribution in [0, 0.1) is 6.92 Å². The van der Waals surface area contributed by atoms with Gasteiger partial charge in [-0.15, -0.1) is 0 Å². The fourth-order valence-corrected chi connectivity index (χ4v) is 2.26. The van der Waals surface area contributed by atoms with E-state index in [9.17, 15) is 9.59 Å². The molecule has 1 aromatic rings. The van der Waals surface area contributed by atoms with E-state index in [1.165, 1.54) is 7.05 Å². The number of urea groups is 1. The topological polar surface area (TPSA) is 90.7 Å². The predicted molar refractivity (Wildman–Crippen MR) is 75.6 cm³/mol. The number of carbonyl (C=O) groups excluding carboxylic acids is 2. The Morgan fingerprint density at radius 3 is 2.52 bits per heavy atom. The molecular formula is C13H21N5O3. The highest BCUT2D eigenvalue weighted by atomic mass is 16.5. The molecule has 116 valence electrons. The minimum absolute atomic E-state index is 0.240. The number of aromatic nitrogens is 1. The van der Waals surface area contributed by atoms with Crippen LogP contribution >= 0.6 is 0 Å². The van der Waals surface area contributed by atoms with Gasteiger partial charge in [0, 0.05) is 45.8 Å². The number of nitrogens with one attached hydrogen (secondary N) is 2. The number of rotatable bonds is 4. The zero-order valence-corrected chi connectivity index (χ0v) is 12.4. The summed E-state index contributed by atoms with van der Waals surface area (Å²) in [5.41, 5.74) is 0.929. The van der Waals surface area contributed by atoms with Crippen LogP contribution in [0.5, 0.6) is 0 Å². The maximum Gasteiger partial charge on any atom is 0.321 e. The molecule has 0 spiro atoms. The summed E-state index contributed by atoms with van der Waals surface area (Å²) >= 11 is 0. The van der Waals surface area contributed by atoms with Crippen LogP contribution < -0.4 is 10.6 Å². The first-order chi connectivity index (χ1) is 10.1. The number of imide groups is 1. The number of hydrogen-bond acceptors (Lipinski definition) is 6. The fraction of sp³-hybridized carbons (Fsp3) is 0.615. The SMILES string of the molecule is CNC(=O)NC(=O)CN1CCN(Cc2cc(C)on2)CC1. The molecule has 8 nitrogen and oxygen atoms in total. The number of aryl methyl sites for hydroxylation is 1. The van der Waals surface area contributed by atoms with E-state index in [0.29, 0.717) is 0 Å². The van der Waals surface area contributed by atoms with Crippen molar-refractivity contribution in [2.75, 3.05) is 39.8 Å². The number of nitrogens with zero attached hydrogens (tertiary/aromatic N) is 3. The molecule has 1 aromatic heterocycles. The first kappa shape index (κ1) is 15.5. The van der Waals surface area contributed by atoms with Gasteiger partial charge in [-0.1, -0.05) is 5.16 Å². The molecule has 0 radical (unpaired) electrons. The lowest BCUT2D eigenvalue weighted by Crippen LogP contribution is -2.50. The Bertz CT molecular complexity index is 494. The molecule has 0 unspecified atom stereocenters. The van der Waals surface area contributed by atoms with E-state index in [1.54, 1.807) is 0 Å². The summed E-state index contributed by atoms with van der Waals surface area (Å²) in [6, 6.07) is 1.46. The average molecular weight is 295 g/mol. The smallest absolute Gasteiger partial charge is 0.321 e. The molecule has 0 bridgehead atoms. The fourth-order valence-electron chi connectivity index (χ4n) is 2.26. The summed E-state index contributed by atoms with van der Waals surface area (Å²) in [6.45, 7) is 6.17. The summed E-state index contributed by atoms with van der Waals surface area (Å²) in [7, 11) is 1.48. The standard InChI is InChI=1S/C13H21N5O3/c1-10-7-11(16-21-10)8-17-3-5-18(6-4-17)9-12(19)15-13(20)14-2/h7H,3-6,8-9H2,1-2H3,(H2,14,15,19,20). The molecule has 1 fully saturated rings. The van der Waals surface area contributed by atoms with Gasteiger partial charge in [-0.2, -0.15) is 0 Å². The normalized spacial score (nSPS) is 16.7. The van der Waals surface area contributed by atoms with Gasteiger partial charge in [0.25, 0.3) is 0 Å². The summed E-state index contributed by atoms with van der Waals surface area (Å²) < 4.78 is 5.05. The molecule has 2 N–H and O–H groups in total. The first-order valence-electron chi connectivity index (χ1n) is 6.95. The lowest BCUT2D eigenvalue weighted by molar-refractivity contribution is -0.121. The van der Waals surface area contributed by atoms with E-state index in [1.807, 2.05) is 17.9 Å². The lowest BCUT2D eigenvalue weighted by Gasteiger charge is -2.33. The molecule has 0 aliphatic carbocycles. The Labute approximate surface area is 123 Å². The van der Waals surface area contributed by atoms with Crippen LogP contribution in [0.3, 0.4) is 0 Å². The van der Waals surface area contributed by atoms with Gasteiger partial charge >= 0.3 is 6.03 Å². The third kappa shape index (κ3) is 4.83. The van der Waals surface area contributed by atoms with Crippen LogP contribution in [-0.4, -0.2) is 66.7 Å². The Morgan fingerprint density at radius 1 is 1.29 bits per heavy atom. The van der Waals surface area contributed by atoms with Crippen molar-refractivity contribution in [1.29, 1.82) is 0 Å². The van der Waals surface area contributed by atoms with Gasteiger partial charge in [0.05, 0.1) is 12.2 Å². The molecule has 1 saturated heterocycles. The second-order valence-corrected chi connectivity index (χ2v) is 5.11. The van der Waals surface area contributed by atoms with E-state index < -0.39 is 6.03 Å². The molecule has 0 aromatic carbocycles. The summed E-state index contributed by atoms with van der Waals surface area (Å²) in [5.74, 6) is 0.532.